The zero-order valence-electron chi connectivity index (χ0n) is 11.3. The Bertz CT molecular complexity index is 342. The molecule has 0 aromatic rings. The van der Waals surface area contributed by atoms with Crippen molar-refractivity contribution in [2.75, 3.05) is 26.4 Å². The van der Waals surface area contributed by atoms with Crippen LogP contribution in [0.15, 0.2) is 0 Å². The van der Waals surface area contributed by atoms with Gasteiger partial charge >= 0.3 is 5.97 Å². The topological polar surface area (TPSA) is 59.0 Å². The zero-order valence-corrected chi connectivity index (χ0v) is 11.3. The molecule has 0 aromatic carbocycles. The van der Waals surface area contributed by atoms with Crippen molar-refractivity contribution in [3.63, 3.8) is 0 Å². The number of hydrogen-bond acceptors (Lipinski definition) is 4. The molecule has 5 heteroatoms. The second kappa shape index (κ2) is 5.38. The lowest BCUT2D eigenvalue weighted by Crippen LogP contribution is -2.57. The molecule has 19 heavy (non-hydrogen) atoms. The number of carboxylic acid groups (broad SMARTS) is 1. The Morgan fingerprint density at radius 3 is 2.89 bits per heavy atom. The standard InChI is InChI=1S/C14H23NO4/c16-13(17)8-12-10-18-7-5-15(12)11-2-6-19-14(9-11)3-1-4-14/h11-12H,1-10H2,(H,16,17). The molecule has 0 amide bonds. The maximum atomic E-state index is 11.0. The van der Waals surface area contributed by atoms with Crippen LogP contribution in [0.4, 0.5) is 0 Å². The number of carboxylic acids is 1. The summed E-state index contributed by atoms with van der Waals surface area (Å²) in [4.78, 5) is 13.4. The van der Waals surface area contributed by atoms with Crippen LogP contribution in [0.1, 0.15) is 38.5 Å². The molecule has 1 saturated carbocycles. The van der Waals surface area contributed by atoms with Gasteiger partial charge in [-0.2, -0.15) is 0 Å². The third-order valence-electron chi connectivity index (χ3n) is 4.88. The number of aliphatic carboxylic acids is 1. The normalized spacial score (nSPS) is 34.9. The first-order valence-electron chi connectivity index (χ1n) is 7.38. The van der Waals surface area contributed by atoms with Crippen molar-refractivity contribution in [2.24, 2.45) is 0 Å². The van der Waals surface area contributed by atoms with Gasteiger partial charge in [0.15, 0.2) is 0 Å². The average molecular weight is 269 g/mol. The van der Waals surface area contributed by atoms with E-state index in [9.17, 15) is 4.79 Å². The van der Waals surface area contributed by atoms with Gasteiger partial charge in [0.1, 0.15) is 0 Å². The minimum Gasteiger partial charge on any atom is -0.481 e. The van der Waals surface area contributed by atoms with Crippen LogP contribution < -0.4 is 0 Å². The Balaban J connectivity index is 1.66. The van der Waals surface area contributed by atoms with Crippen LogP contribution in [0.5, 0.6) is 0 Å². The molecule has 0 radical (unpaired) electrons. The van der Waals surface area contributed by atoms with Gasteiger partial charge in [0.25, 0.3) is 0 Å². The minimum absolute atomic E-state index is 0.0338. The van der Waals surface area contributed by atoms with Crippen LogP contribution in [-0.4, -0.2) is 60.0 Å². The number of nitrogens with zero attached hydrogens (tertiary/aromatic N) is 1. The highest BCUT2D eigenvalue weighted by Crippen LogP contribution is 2.43. The molecule has 2 aliphatic heterocycles. The molecule has 108 valence electrons. The summed E-state index contributed by atoms with van der Waals surface area (Å²) in [6.45, 7) is 2.96. The third kappa shape index (κ3) is 2.78. The summed E-state index contributed by atoms with van der Waals surface area (Å²) in [7, 11) is 0. The number of ether oxygens (including phenoxy) is 2. The molecule has 1 N–H and O–H groups in total. The van der Waals surface area contributed by atoms with Crippen molar-refractivity contribution in [1.29, 1.82) is 0 Å². The van der Waals surface area contributed by atoms with Crippen LogP contribution in [-0.2, 0) is 14.3 Å². The predicted molar refractivity (Wildman–Crippen MR) is 69.1 cm³/mol. The van der Waals surface area contributed by atoms with E-state index in [1.807, 2.05) is 0 Å². The summed E-state index contributed by atoms with van der Waals surface area (Å²) in [6.07, 6.45) is 5.91. The number of morpholine rings is 1. The Hall–Kier alpha value is -0.650. The quantitative estimate of drug-likeness (QED) is 0.836. The minimum atomic E-state index is -0.731. The van der Waals surface area contributed by atoms with E-state index in [1.165, 1.54) is 19.3 Å². The van der Waals surface area contributed by atoms with Crippen molar-refractivity contribution < 1.29 is 19.4 Å². The highest BCUT2D eigenvalue weighted by molar-refractivity contribution is 5.67. The maximum absolute atomic E-state index is 11.0. The molecule has 3 aliphatic rings. The Kier molecular flexibility index (Phi) is 3.78. The van der Waals surface area contributed by atoms with E-state index >= 15 is 0 Å². The van der Waals surface area contributed by atoms with Gasteiger partial charge in [-0.3, -0.25) is 9.69 Å². The van der Waals surface area contributed by atoms with Gasteiger partial charge in [0, 0.05) is 25.2 Å². The monoisotopic (exact) mass is 269 g/mol. The first kappa shape index (κ1) is 13.3. The molecule has 0 aromatic heterocycles. The van der Waals surface area contributed by atoms with Crippen molar-refractivity contribution >= 4 is 5.97 Å². The fraction of sp³-hybridized carbons (Fsp3) is 0.929. The lowest BCUT2D eigenvalue weighted by Gasteiger charge is -2.51. The van der Waals surface area contributed by atoms with Gasteiger partial charge in [-0.1, -0.05) is 0 Å². The Morgan fingerprint density at radius 1 is 1.37 bits per heavy atom. The predicted octanol–water partition coefficient (Wildman–Crippen LogP) is 1.26. The lowest BCUT2D eigenvalue weighted by atomic mass is 9.73. The van der Waals surface area contributed by atoms with Crippen LogP contribution in [0.2, 0.25) is 0 Å². The molecule has 1 spiro atoms. The van der Waals surface area contributed by atoms with Crippen molar-refractivity contribution in [3.8, 4) is 0 Å². The fourth-order valence-electron chi connectivity index (χ4n) is 3.73. The molecule has 3 fully saturated rings. The third-order valence-corrected chi connectivity index (χ3v) is 4.88. The van der Waals surface area contributed by atoms with E-state index in [0.29, 0.717) is 12.6 Å². The number of rotatable bonds is 3. The SMILES string of the molecule is O=C(O)CC1COCCN1C1CCOC2(CCC2)C1. The molecule has 2 heterocycles. The number of carbonyl (C=O) groups is 1. The highest BCUT2D eigenvalue weighted by Gasteiger charge is 2.45. The first-order valence-corrected chi connectivity index (χ1v) is 7.38. The van der Waals surface area contributed by atoms with Gasteiger partial charge < -0.3 is 14.6 Å². The average Bonchev–Trinajstić information content (AvgIpc) is 2.37. The zero-order chi connectivity index (χ0) is 13.3. The summed E-state index contributed by atoms with van der Waals surface area (Å²) >= 11 is 0. The largest absolute Gasteiger partial charge is 0.481 e. The van der Waals surface area contributed by atoms with Crippen LogP contribution >= 0.6 is 0 Å². The van der Waals surface area contributed by atoms with E-state index in [4.69, 9.17) is 14.6 Å². The van der Waals surface area contributed by atoms with E-state index in [-0.39, 0.29) is 18.1 Å². The van der Waals surface area contributed by atoms with E-state index in [2.05, 4.69) is 4.90 Å². The Labute approximate surface area is 113 Å². The summed E-state index contributed by atoms with van der Waals surface area (Å²) in [5.41, 5.74) is 0.120. The van der Waals surface area contributed by atoms with Crippen LogP contribution in [0, 0.1) is 0 Å². The van der Waals surface area contributed by atoms with Crippen molar-refractivity contribution in [3.05, 3.63) is 0 Å². The molecule has 2 unspecified atom stereocenters. The maximum Gasteiger partial charge on any atom is 0.305 e. The number of hydrogen-bond donors (Lipinski definition) is 1. The molecule has 2 atom stereocenters. The van der Waals surface area contributed by atoms with Gasteiger partial charge in [-0.15, -0.1) is 0 Å². The Morgan fingerprint density at radius 2 is 2.21 bits per heavy atom. The molecule has 5 nitrogen and oxygen atoms in total. The lowest BCUT2D eigenvalue weighted by molar-refractivity contribution is -0.163. The summed E-state index contributed by atoms with van der Waals surface area (Å²) in [5.74, 6) is -0.731. The molecule has 2 saturated heterocycles. The van der Waals surface area contributed by atoms with Crippen LogP contribution in [0.25, 0.3) is 0 Å². The van der Waals surface area contributed by atoms with Crippen LogP contribution in [0.3, 0.4) is 0 Å². The van der Waals surface area contributed by atoms with Gasteiger partial charge in [-0.05, 0) is 32.1 Å². The van der Waals surface area contributed by atoms with E-state index in [1.54, 1.807) is 0 Å². The molecular formula is C14H23NO4. The van der Waals surface area contributed by atoms with Crippen molar-refractivity contribution in [2.45, 2.75) is 56.2 Å². The summed E-state index contributed by atoms with van der Waals surface area (Å²) in [5, 5.41) is 9.03. The summed E-state index contributed by atoms with van der Waals surface area (Å²) < 4.78 is 11.4. The highest BCUT2D eigenvalue weighted by atomic mass is 16.5. The van der Waals surface area contributed by atoms with Gasteiger partial charge in [-0.25, -0.2) is 0 Å². The van der Waals surface area contributed by atoms with Gasteiger partial charge in [0.2, 0.25) is 0 Å². The van der Waals surface area contributed by atoms with Crippen molar-refractivity contribution in [1.82, 2.24) is 4.90 Å². The van der Waals surface area contributed by atoms with Gasteiger partial charge in [0.05, 0.1) is 25.2 Å². The first-order chi connectivity index (χ1) is 9.19. The second-order valence-corrected chi connectivity index (χ2v) is 6.10. The van der Waals surface area contributed by atoms with E-state index in [0.717, 1.165) is 32.6 Å². The second-order valence-electron chi connectivity index (χ2n) is 6.10. The molecule has 3 rings (SSSR count). The fourth-order valence-corrected chi connectivity index (χ4v) is 3.73. The smallest absolute Gasteiger partial charge is 0.305 e. The summed E-state index contributed by atoms with van der Waals surface area (Å²) in [6, 6.07) is 0.508. The molecular weight excluding hydrogens is 246 g/mol. The molecule has 0 bridgehead atoms. The van der Waals surface area contributed by atoms with E-state index < -0.39 is 5.97 Å². The molecule has 1 aliphatic carbocycles.